The Bertz CT molecular complexity index is 237. The highest BCUT2D eigenvalue weighted by atomic mass is 19.1. The monoisotopic (exact) mass is 156 g/mol. The Morgan fingerprint density at radius 3 is 2.82 bits per heavy atom. The lowest BCUT2D eigenvalue weighted by atomic mass is 10.5. The molecule has 0 saturated carbocycles. The summed E-state index contributed by atoms with van der Waals surface area (Å²) in [5.74, 6) is 0.0677. The summed E-state index contributed by atoms with van der Waals surface area (Å²) in [5.41, 5.74) is 0.191. The third-order valence-corrected chi connectivity index (χ3v) is 0.971. The van der Waals surface area contributed by atoms with Gasteiger partial charge in [0.1, 0.15) is 5.69 Å². The highest BCUT2D eigenvalue weighted by molar-refractivity contribution is 5.70. The minimum Gasteiger partial charge on any atom is -0.445 e. The molecule has 1 aromatic rings. The lowest BCUT2D eigenvalue weighted by molar-refractivity contribution is 0.111. The van der Waals surface area contributed by atoms with Crippen LogP contribution in [0.1, 0.15) is 10.5 Å². The number of aldehydes is 1. The van der Waals surface area contributed by atoms with Crippen LogP contribution in [0.4, 0.5) is 4.39 Å². The van der Waals surface area contributed by atoms with E-state index in [0.717, 1.165) is 0 Å². The molecule has 0 saturated heterocycles. The molecule has 11 heavy (non-hydrogen) atoms. The van der Waals surface area contributed by atoms with E-state index < -0.39 is 6.86 Å². The molecule has 0 atom stereocenters. The number of nitrogens with zero attached hydrogens (tertiary/aromatic N) is 2. The predicted octanol–water partition coefficient (Wildman–Crippen LogP) is 0.595. The first-order valence-corrected chi connectivity index (χ1v) is 2.83. The number of rotatable bonds is 3. The van der Waals surface area contributed by atoms with Crippen molar-refractivity contribution in [3.05, 3.63) is 18.1 Å². The molecule has 0 unspecified atom stereocenters. The highest BCUT2D eigenvalue weighted by Crippen LogP contribution is 2.01. The average molecular weight is 156 g/mol. The van der Waals surface area contributed by atoms with E-state index >= 15 is 0 Å². The van der Waals surface area contributed by atoms with Crippen molar-refractivity contribution in [2.45, 2.75) is 0 Å². The van der Waals surface area contributed by atoms with Gasteiger partial charge in [0.2, 0.25) is 12.7 Å². The summed E-state index contributed by atoms with van der Waals surface area (Å²) < 4.78 is 15.9. The van der Waals surface area contributed by atoms with Crippen LogP contribution in [0.5, 0.6) is 5.88 Å². The minimum absolute atomic E-state index is 0.0677. The Hall–Kier alpha value is -1.52. The van der Waals surface area contributed by atoms with Gasteiger partial charge in [0, 0.05) is 0 Å². The van der Waals surface area contributed by atoms with E-state index in [1.54, 1.807) is 0 Å². The summed E-state index contributed by atoms with van der Waals surface area (Å²) in [6.45, 7) is -0.949. The number of aromatic nitrogens is 2. The molecule has 5 heteroatoms. The van der Waals surface area contributed by atoms with Gasteiger partial charge in [-0.1, -0.05) is 0 Å². The molecule has 0 aliphatic carbocycles. The van der Waals surface area contributed by atoms with Crippen molar-refractivity contribution < 1.29 is 13.9 Å². The van der Waals surface area contributed by atoms with Crippen molar-refractivity contribution >= 4 is 6.29 Å². The first-order valence-electron chi connectivity index (χ1n) is 2.83. The first kappa shape index (κ1) is 7.59. The highest BCUT2D eigenvalue weighted by Gasteiger charge is 1.95. The molecule has 1 rings (SSSR count). The zero-order valence-electron chi connectivity index (χ0n) is 5.53. The Balaban J connectivity index is 2.74. The maximum absolute atomic E-state index is 11.5. The van der Waals surface area contributed by atoms with Crippen LogP contribution in [-0.4, -0.2) is 23.1 Å². The number of carbonyl (C=O) groups excluding carboxylic acids is 1. The maximum atomic E-state index is 11.5. The molecule has 0 amide bonds. The standard InChI is InChI=1S/C6H5FN2O2/c7-4-11-6-2-8-5(3-10)1-9-6/h1-3H,4H2. The molecule has 4 nitrogen and oxygen atoms in total. The molecule has 58 valence electrons. The first-order chi connectivity index (χ1) is 5.36. The molecule has 0 aliphatic rings. The van der Waals surface area contributed by atoms with Crippen molar-refractivity contribution in [3.8, 4) is 5.88 Å². The van der Waals surface area contributed by atoms with Crippen molar-refractivity contribution in [1.82, 2.24) is 9.97 Å². The van der Waals surface area contributed by atoms with Gasteiger partial charge in [0.15, 0.2) is 6.29 Å². The number of hydrogen-bond donors (Lipinski definition) is 0. The number of ether oxygens (including phenoxy) is 1. The summed E-state index contributed by atoms with van der Waals surface area (Å²) >= 11 is 0. The third kappa shape index (κ3) is 1.96. The molecule has 0 aliphatic heterocycles. The van der Waals surface area contributed by atoms with Gasteiger partial charge in [-0.3, -0.25) is 4.79 Å². The zero-order chi connectivity index (χ0) is 8.10. The quantitative estimate of drug-likeness (QED) is 0.601. The van der Waals surface area contributed by atoms with Crippen molar-refractivity contribution in [2.75, 3.05) is 6.86 Å². The van der Waals surface area contributed by atoms with Crippen LogP contribution in [-0.2, 0) is 0 Å². The lowest BCUT2D eigenvalue weighted by Gasteiger charge is -1.96. The van der Waals surface area contributed by atoms with E-state index in [4.69, 9.17) is 0 Å². The predicted molar refractivity (Wildman–Crippen MR) is 34.0 cm³/mol. The van der Waals surface area contributed by atoms with E-state index in [-0.39, 0.29) is 11.6 Å². The van der Waals surface area contributed by atoms with Crippen LogP contribution in [0.3, 0.4) is 0 Å². The zero-order valence-corrected chi connectivity index (χ0v) is 5.53. The fraction of sp³-hybridized carbons (Fsp3) is 0.167. The Morgan fingerprint density at radius 1 is 1.55 bits per heavy atom. The number of alkyl halides is 1. The normalized spacial score (nSPS) is 9.18. The number of halogens is 1. The molecule has 0 aromatic carbocycles. The van der Waals surface area contributed by atoms with Gasteiger partial charge in [-0.15, -0.1) is 0 Å². The fourth-order valence-corrected chi connectivity index (χ4v) is 0.517. The van der Waals surface area contributed by atoms with Gasteiger partial charge >= 0.3 is 0 Å². The summed E-state index contributed by atoms with van der Waals surface area (Å²) in [6.07, 6.45) is 2.94. The van der Waals surface area contributed by atoms with Gasteiger partial charge in [-0.2, -0.15) is 0 Å². The Kier molecular flexibility index (Phi) is 2.48. The van der Waals surface area contributed by atoms with Gasteiger partial charge in [0.25, 0.3) is 0 Å². The van der Waals surface area contributed by atoms with Crippen LogP contribution in [0.15, 0.2) is 12.4 Å². The number of carbonyl (C=O) groups is 1. The van der Waals surface area contributed by atoms with Crippen LogP contribution >= 0.6 is 0 Å². The van der Waals surface area contributed by atoms with E-state index in [1.165, 1.54) is 12.4 Å². The van der Waals surface area contributed by atoms with Crippen LogP contribution in [0.25, 0.3) is 0 Å². The van der Waals surface area contributed by atoms with E-state index in [9.17, 15) is 9.18 Å². The molecular weight excluding hydrogens is 151 g/mol. The molecule has 1 heterocycles. The minimum atomic E-state index is -0.949. The van der Waals surface area contributed by atoms with Gasteiger partial charge in [0.05, 0.1) is 12.4 Å². The summed E-state index contributed by atoms with van der Waals surface area (Å²) in [7, 11) is 0. The van der Waals surface area contributed by atoms with Gasteiger partial charge in [-0.05, 0) is 0 Å². The lowest BCUT2D eigenvalue weighted by Crippen LogP contribution is -1.95. The number of hydrogen-bond acceptors (Lipinski definition) is 4. The second kappa shape index (κ2) is 3.60. The van der Waals surface area contributed by atoms with E-state index in [2.05, 4.69) is 14.7 Å². The average Bonchev–Trinajstić information content (AvgIpc) is 2.07. The van der Waals surface area contributed by atoms with Crippen LogP contribution < -0.4 is 4.74 Å². The maximum Gasteiger partial charge on any atom is 0.234 e. The molecule has 0 N–H and O–H groups in total. The van der Waals surface area contributed by atoms with Gasteiger partial charge < -0.3 is 4.74 Å². The molecule has 0 fully saturated rings. The molecule has 1 aromatic heterocycles. The van der Waals surface area contributed by atoms with Gasteiger partial charge in [-0.25, -0.2) is 14.4 Å². The molecule has 0 spiro atoms. The Morgan fingerprint density at radius 2 is 2.36 bits per heavy atom. The van der Waals surface area contributed by atoms with E-state index in [0.29, 0.717) is 6.29 Å². The van der Waals surface area contributed by atoms with Crippen molar-refractivity contribution in [3.63, 3.8) is 0 Å². The summed E-state index contributed by atoms with van der Waals surface area (Å²) in [5, 5.41) is 0. The second-order valence-electron chi connectivity index (χ2n) is 1.65. The van der Waals surface area contributed by atoms with Crippen molar-refractivity contribution in [2.24, 2.45) is 0 Å². The Labute approximate surface area is 62.0 Å². The van der Waals surface area contributed by atoms with Crippen LogP contribution in [0.2, 0.25) is 0 Å². The second-order valence-corrected chi connectivity index (χ2v) is 1.65. The SMILES string of the molecule is O=Cc1cnc(OCF)cn1. The third-order valence-electron chi connectivity index (χ3n) is 0.971. The summed E-state index contributed by atoms with van der Waals surface area (Å²) in [4.78, 5) is 17.2. The van der Waals surface area contributed by atoms with Crippen molar-refractivity contribution in [1.29, 1.82) is 0 Å². The summed E-state index contributed by atoms with van der Waals surface area (Å²) in [6, 6.07) is 0. The largest absolute Gasteiger partial charge is 0.445 e. The van der Waals surface area contributed by atoms with Crippen LogP contribution in [0, 0.1) is 0 Å². The molecule has 0 radical (unpaired) electrons. The molecular formula is C6H5FN2O2. The molecule has 0 bridgehead atoms. The van der Waals surface area contributed by atoms with E-state index in [1.807, 2.05) is 0 Å². The fourth-order valence-electron chi connectivity index (χ4n) is 0.517. The topological polar surface area (TPSA) is 52.1 Å². The smallest absolute Gasteiger partial charge is 0.234 e.